The molecule has 17 heavy (non-hydrogen) atoms. The molecule has 0 aliphatic heterocycles. The van der Waals surface area contributed by atoms with Gasteiger partial charge in [-0.2, -0.15) is 0 Å². The van der Waals surface area contributed by atoms with E-state index in [1.165, 1.54) is 0 Å². The van der Waals surface area contributed by atoms with E-state index in [4.69, 9.17) is 22.2 Å². The van der Waals surface area contributed by atoms with Gasteiger partial charge in [0.2, 0.25) is 0 Å². The normalized spacial score (nSPS) is 12.4. The number of hydrogen-bond donors (Lipinski definition) is 2. The van der Waals surface area contributed by atoms with Gasteiger partial charge in [0.15, 0.2) is 0 Å². The first-order chi connectivity index (χ1) is 8.26. The van der Waals surface area contributed by atoms with Crippen LogP contribution in [0.1, 0.15) is 16.5 Å². The molecule has 4 nitrogen and oxygen atoms in total. The predicted octanol–water partition coefficient (Wildman–Crippen LogP) is 2.36. The SMILES string of the molecule is COc1cc(C(NN)c2cncs2)ccc1Cl. The molecule has 1 aromatic carbocycles. The summed E-state index contributed by atoms with van der Waals surface area (Å²) in [5.41, 5.74) is 5.52. The Morgan fingerprint density at radius 2 is 2.35 bits per heavy atom. The van der Waals surface area contributed by atoms with Crippen molar-refractivity contribution in [1.29, 1.82) is 0 Å². The minimum absolute atomic E-state index is 0.103. The monoisotopic (exact) mass is 269 g/mol. The first kappa shape index (κ1) is 12.3. The maximum absolute atomic E-state index is 5.98. The first-order valence-electron chi connectivity index (χ1n) is 4.94. The molecule has 1 atom stereocenters. The highest BCUT2D eigenvalue weighted by Crippen LogP contribution is 2.31. The zero-order valence-corrected chi connectivity index (χ0v) is 10.8. The molecule has 0 radical (unpaired) electrons. The van der Waals surface area contributed by atoms with Crippen molar-refractivity contribution in [3.63, 3.8) is 0 Å². The van der Waals surface area contributed by atoms with Gasteiger partial charge in [-0.15, -0.1) is 11.3 Å². The molecule has 0 aliphatic rings. The molecule has 2 aromatic rings. The number of nitrogens with two attached hydrogens (primary N) is 1. The van der Waals surface area contributed by atoms with E-state index in [1.54, 1.807) is 36.2 Å². The van der Waals surface area contributed by atoms with E-state index in [0.717, 1.165) is 10.4 Å². The molecule has 2 rings (SSSR count). The Morgan fingerprint density at radius 1 is 1.53 bits per heavy atom. The molecule has 0 bridgehead atoms. The van der Waals surface area contributed by atoms with Gasteiger partial charge in [-0.05, 0) is 17.7 Å². The fourth-order valence-electron chi connectivity index (χ4n) is 1.57. The molecule has 3 N–H and O–H groups in total. The van der Waals surface area contributed by atoms with Gasteiger partial charge in [0.1, 0.15) is 5.75 Å². The third-order valence-electron chi connectivity index (χ3n) is 2.41. The largest absolute Gasteiger partial charge is 0.495 e. The highest BCUT2D eigenvalue weighted by Gasteiger charge is 2.15. The Morgan fingerprint density at radius 3 is 2.94 bits per heavy atom. The van der Waals surface area contributed by atoms with Crippen molar-refractivity contribution in [3.8, 4) is 5.75 Å². The quantitative estimate of drug-likeness (QED) is 0.661. The first-order valence-corrected chi connectivity index (χ1v) is 6.20. The van der Waals surface area contributed by atoms with Crippen molar-refractivity contribution >= 4 is 22.9 Å². The number of rotatable bonds is 4. The maximum Gasteiger partial charge on any atom is 0.137 e. The lowest BCUT2D eigenvalue weighted by Crippen LogP contribution is -2.28. The molecule has 0 spiro atoms. The molecule has 6 heteroatoms. The van der Waals surface area contributed by atoms with Crippen LogP contribution in [0.15, 0.2) is 29.9 Å². The Labute approximate surface area is 108 Å². The van der Waals surface area contributed by atoms with Gasteiger partial charge in [-0.1, -0.05) is 17.7 Å². The second-order valence-corrected chi connectivity index (χ2v) is 4.72. The number of thiazole rings is 1. The van der Waals surface area contributed by atoms with Crippen LogP contribution < -0.4 is 16.0 Å². The van der Waals surface area contributed by atoms with Crippen LogP contribution in [0.3, 0.4) is 0 Å². The topological polar surface area (TPSA) is 60.2 Å². The molecule has 1 heterocycles. The van der Waals surface area contributed by atoms with E-state index in [2.05, 4.69) is 10.4 Å². The summed E-state index contributed by atoms with van der Waals surface area (Å²) in [6.45, 7) is 0. The van der Waals surface area contributed by atoms with E-state index in [9.17, 15) is 0 Å². The van der Waals surface area contributed by atoms with Crippen LogP contribution in [-0.2, 0) is 0 Å². The summed E-state index contributed by atoms with van der Waals surface area (Å²) in [5, 5.41) is 0.580. The smallest absolute Gasteiger partial charge is 0.137 e. The summed E-state index contributed by atoms with van der Waals surface area (Å²) in [6.07, 6.45) is 1.79. The molecule has 90 valence electrons. The van der Waals surface area contributed by atoms with Gasteiger partial charge in [0, 0.05) is 11.1 Å². The van der Waals surface area contributed by atoms with Crippen LogP contribution in [-0.4, -0.2) is 12.1 Å². The fourth-order valence-corrected chi connectivity index (χ4v) is 2.47. The van der Waals surface area contributed by atoms with Crippen LogP contribution >= 0.6 is 22.9 Å². The average molecular weight is 270 g/mol. The number of benzene rings is 1. The van der Waals surface area contributed by atoms with Crippen molar-refractivity contribution in [2.24, 2.45) is 5.84 Å². The van der Waals surface area contributed by atoms with E-state index in [-0.39, 0.29) is 6.04 Å². The zero-order chi connectivity index (χ0) is 12.3. The van der Waals surface area contributed by atoms with Crippen LogP contribution in [0, 0.1) is 0 Å². The number of hydrazine groups is 1. The molecule has 0 fully saturated rings. The van der Waals surface area contributed by atoms with Crippen LogP contribution in [0.4, 0.5) is 0 Å². The molecule has 0 aliphatic carbocycles. The standard InChI is InChI=1S/C11H12ClN3OS/c1-16-9-4-7(2-3-8(9)12)11(15-13)10-5-14-6-17-10/h2-6,11,15H,13H2,1H3. The fraction of sp³-hybridized carbons (Fsp3) is 0.182. The van der Waals surface area contributed by atoms with E-state index < -0.39 is 0 Å². The van der Waals surface area contributed by atoms with Gasteiger partial charge >= 0.3 is 0 Å². The van der Waals surface area contributed by atoms with Crippen molar-refractivity contribution in [2.45, 2.75) is 6.04 Å². The molecule has 0 saturated heterocycles. The van der Waals surface area contributed by atoms with Gasteiger partial charge < -0.3 is 4.74 Å². The van der Waals surface area contributed by atoms with Gasteiger partial charge in [-0.3, -0.25) is 10.8 Å². The summed E-state index contributed by atoms with van der Waals surface area (Å²) in [4.78, 5) is 5.08. The van der Waals surface area contributed by atoms with Crippen molar-refractivity contribution in [1.82, 2.24) is 10.4 Å². The lowest BCUT2D eigenvalue weighted by atomic mass is 10.1. The third kappa shape index (κ3) is 2.58. The van der Waals surface area contributed by atoms with E-state index >= 15 is 0 Å². The van der Waals surface area contributed by atoms with Crippen molar-refractivity contribution in [2.75, 3.05) is 7.11 Å². The van der Waals surface area contributed by atoms with Crippen LogP contribution in [0.25, 0.3) is 0 Å². The Kier molecular flexibility index (Phi) is 3.96. The van der Waals surface area contributed by atoms with Gasteiger partial charge in [0.05, 0.1) is 23.7 Å². The van der Waals surface area contributed by atoms with Crippen molar-refractivity contribution < 1.29 is 4.74 Å². The van der Waals surface area contributed by atoms with Gasteiger partial charge in [0.25, 0.3) is 0 Å². The summed E-state index contributed by atoms with van der Waals surface area (Å²) in [5.74, 6) is 6.21. The number of hydrogen-bond acceptors (Lipinski definition) is 5. The number of methoxy groups -OCH3 is 1. The Bertz CT molecular complexity index is 489. The summed E-state index contributed by atoms with van der Waals surface area (Å²) >= 11 is 7.52. The number of halogens is 1. The summed E-state index contributed by atoms with van der Waals surface area (Å²) < 4.78 is 5.18. The number of nitrogens with zero attached hydrogens (tertiary/aromatic N) is 1. The lowest BCUT2D eigenvalue weighted by molar-refractivity contribution is 0.414. The third-order valence-corrected chi connectivity index (χ3v) is 3.56. The van der Waals surface area contributed by atoms with E-state index in [0.29, 0.717) is 10.8 Å². The average Bonchev–Trinajstić information content (AvgIpc) is 2.86. The minimum Gasteiger partial charge on any atom is -0.495 e. The summed E-state index contributed by atoms with van der Waals surface area (Å²) in [6, 6.07) is 5.47. The van der Waals surface area contributed by atoms with Crippen molar-refractivity contribution in [3.05, 3.63) is 45.4 Å². The zero-order valence-electron chi connectivity index (χ0n) is 9.18. The highest BCUT2D eigenvalue weighted by molar-refractivity contribution is 7.09. The molecule has 1 aromatic heterocycles. The molecular weight excluding hydrogens is 258 g/mol. The predicted molar refractivity (Wildman–Crippen MR) is 69.3 cm³/mol. The van der Waals surface area contributed by atoms with Crippen LogP contribution in [0.5, 0.6) is 5.75 Å². The molecule has 1 unspecified atom stereocenters. The van der Waals surface area contributed by atoms with E-state index in [1.807, 2.05) is 12.1 Å². The Hall–Kier alpha value is -1.14. The number of aromatic nitrogens is 1. The minimum atomic E-state index is -0.103. The van der Waals surface area contributed by atoms with Gasteiger partial charge in [-0.25, -0.2) is 5.43 Å². The van der Waals surface area contributed by atoms with Crippen LogP contribution in [0.2, 0.25) is 5.02 Å². The second kappa shape index (κ2) is 5.46. The number of nitrogens with one attached hydrogen (secondary N) is 1. The lowest BCUT2D eigenvalue weighted by Gasteiger charge is -2.15. The molecule has 0 amide bonds. The maximum atomic E-state index is 5.98. The molecular formula is C11H12ClN3OS. The highest BCUT2D eigenvalue weighted by atomic mass is 35.5. The Balaban J connectivity index is 2.38. The second-order valence-electron chi connectivity index (χ2n) is 3.40. The summed E-state index contributed by atoms with van der Waals surface area (Å²) in [7, 11) is 1.59. The number of ether oxygens (including phenoxy) is 1. The molecule has 0 saturated carbocycles.